The molecule has 1 amide bonds. The topological polar surface area (TPSA) is 133 Å². The van der Waals surface area contributed by atoms with Gasteiger partial charge >= 0.3 is 18.3 Å². The van der Waals surface area contributed by atoms with Crippen molar-refractivity contribution >= 4 is 23.2 Å². The number of likely N-dealkylation sites (tertiary alicyclic amines) is 2. The predicted molar refractivity (Wildman–Crippen MR) is 192 cm³/mol. The van der Waals surface area contributed by atoms with Gasteiger partial charge in [-0.05, 0) is 70.1 Å². The second-order valence-electron chi connectivity index (χ2n) is 15.3. The third-order valence-corrected chi connectivity index (χ3v) is 12.4. The number of thiophene rings is 1. The molecule has 2 aromatic heterocycles. The van der Waals surface area contributed by atoms with Crippen molar-refractivity contribution < 1.29 is 60.7 Å². The summed E-state index contributed by atoms with van der Waals surface area (Å²) in [5, 5.41) is 34.5. The average molecular weight is 814 g/mol. The minimum absolute atomic E-state index is 0.0145. The number of nitrogens with zero attached hydrogens (tertiary/aromatic N) is 3. The average Bonchev–Trinajstić information content (AvgIpc) is 3.79. The van der Waals surface area contributed by atoms with Crippen LogP contribution in [0.2, 0.25) is 0 Å². The molecule has 10 nitrogen and oxygen atoms in total. The molecule has 1 saturated carbocycles. The van der Waals surface area contributed by atoms with E-state index in [1.165, 1.54) is 9.80 Å². The van der Waals surface area contributed by atoms with Crippen molar-refractivity contribution in [1.29, 1.82) is 0 Å². The molecule has 3 aromatic rings. The molecule has 1 aliphatic carbocycles. The summed E-state index contributed by atoms with van der Waals surface area (Å²) < 4.78 is 96.1. The number of ether oxygens (including phenoxy) is 2. The van der Waals surface area contributed by atoms with E-state index in [1.807, 2.05) is 0 Å². The first kappa shape index (κ1) is 41.7. The zero-order chi connectivity index (χ0) is 40.7. The molecule has 0 spiro atoms. The Morgan fingerprint density at radius 3 is 2.36 bits per heavy atom. The largest absolute Gasteiger partial charge is 0.490 e. The Morgan fingerprint density at radius 1 is 1.02 bits per heavy atom. The lowest BCUT2D eigenvalue weighted by molar-refractivity contribution is -0.177. The fourth-order valence-corrected chi connectivity index (χ4v) is 9.15. The van der Waals surface area contributed by atoms with Crippen molar-refractivity contribution in [1.82, 2.24) is 14.8 Å². The van der Waals surface area contributed by atoms with Gasteiger partial charge in [-0.2, -0.15) is 26.3 Å². The van der Waals surface area contributed by atoms with Crippen LogP contribution in [-0.4, -0.2) is 79.4 Å². The molecule has 0 radical (unpaired) electrons. The van der Waals surface area contributed by atoms with Crippen LogP contribution in [0.1, 0.15) is 99.6 Å². The SMILES string of the molecule is CCC[C@H]1N(C(O)c2ncccc2C(F)(F)F)CCC[C@@]1(Oc1csc(C(F)(F)F)c1)C(=O)N1CCC(O)(c2ccccc2O[C@@H]2CC[C@](C)(C(=O)O)C2)CC1. The van der Waals surface area contributed by atoms with E-state index in [2.05, 4.69) is 4.98 Å². The molecule has 306 valence electrons. The molecule has 3 aliphatic rings. The molecular weight excluding hydrogens is 768 g/mol. The van der Waals surface area contributed by atoms with E-state index in [4.69, 9.17) is 9.47 Å². The fourth-order valence-electron chi connectivity index (χ4n) is 8.47. The van der Waals surface area contributed by atoms with Gasteiger partial charge in [0.2, 0.25) is 5.60 Å². The van der Waals surface area contributed by atoms with E-state index < -0.39 is 75.4 Å². The maximum atomic E-state index is 15.0. The van der Waals surface area contributed by atoms with Crippen LogP contribution in [-0.2, 0) is 27.5 Å². The minimum Gasteiger partial charge on any atom is -0.490 e. The Morgan fingerprint density at radius 2 is 1.73 bits per heavy atom. The summed E-state index contributed by atoms with van der Waals surface area (Å²) in [6.07, 6.45) is -8.87. The Bertz CT molecular complexity index is 1880. The van der Waals surface area contributed by atoms with Crippen molar-refractivity contribution in [2.45, 2.75) is 114 Å². The number of pyridine rings is 1. The number of aromatic nitrogens is 1. The van der Waals surface area contributed by atoms with Gasteiger partial charge in [-0.1, -0.05) is 31.5 Å². The second-order valence-corrected chi connectivity index (χ2v) is 16.2. The summed E-state index contributed by atoms with van der Waals surface area (Å²) in [7, 11) is 0. The minimum atomic E-state index is -4.86. The normalized spacial score (nSPS) is 26.5. The Balaban J connectivity index is 1.31. The van der Waals surface area contributed by atoms with Gasteiger partial charge < -0.3 is 29.7 Å². The molecule has 6 rings (SSSR count). The first-order chi connectivity index (χ1) is 26.3. The van der Waals surface area contributed by atoms with Gasteiger partial charge in [-0.25, -0.2) is 0 Å². The molecule has 1 unspecified atom stereocenters. The number of amides is 1. The second kappa shape index (κ2) is 15.8. The maximum Gasteiger partial charge on any atom is 0.425 e. The summed E-state index contributed by atoms with van der Waals surface area (Å²) in [5.41, 5.74) is -5.73. The Hall–Kier alpha value is -3.93. The number of carbonyl (C=O) groups is 2. The van der Waals surface area contributed by atoms with E-state index in [0.717, 1.165) is 29.8 Å². The monoisotopic (exact) mass is 813 g/mol. The highest BCUT2D eigenvalue weighted by Gasteiger charge is 2.57. The van der Waals surface area contributed by atoms with Gasteiger partial charge in [0, 0.05) is 49.3 Å². The number of aliphatic hydroxyl groups excluding tert-OH is 1. The van der Waals surface area contributed by atoms with Crippen molar-refractivity contribution in [3.05, 3.63) is 75.7 Å². The van der Waals surface area contributed by atoms with Gasteiger partial charge in [0.25, 0.3) is 5.91 Å². The van der Waals surface area contributed by atoms with E-state index in [-0.39, 0.29) is 63.9 Å². The summed E-state index contributed by atoms with van der Waals surface area (Å²) in [4.78, 5) is 32.5. The summed E-state index contributed by atoms with van der Waals surface area (Å²) in [6, 6.07) is 8.45. The highest BCUT2D eigenvalue weighted by Crippen LogP contribution is 2.47. The molecule has 4 heterocycles. The molecule has 56 heavy (non-hydrogen) atoms. The number of para-hydroxylation sites is 1. The number of halogens is 6. The van der Waals surface area contributed by atoms with Crippen LogP contribution in [0.15, 0.2) is 54.0 Å². The Kier molecular flexibility index (Phi) is 11.8. The lowest BCUT2D eigenvalue weighted by Gasteiger charge is -2.52. The van der Waals surface area contributed by atoms with E-state index >= 15 is 0 Å². The first-order valence-electron chi connectivity index (χ1n) is 18.6. The van der Waals surface area contributed by atoms with Crippen LogP contribution in [0.4, 0.5) is 26.3 Å². The molecule has 3 fully saturated rings. The van der Waals surface area contributed by atoms with E-state index in [1.54, 1.807) is 38.1 Å². The molecule has 3 N–H and O–H groups in total. The summed E-state index contributed by atoms with van der Waals surface area (Å²) in [5.74, 6) is -1.39. The maximum absolute atomic E-state index is 15.0. The number of carboxylic acids is 1. The molecule has 5 atom stereocenters. The number of hydrogen-bond acceptors (Lipinski definition) is 9. The number of piperidine rings is 2. The van der Waals surface area contributed by atoms with Crippen LogP contribution < -0.4 is 9.47 Å². The van der Waals surface area contributed by atoms with Gasteiger partial charge in [-0.15, -0.1) is 11.3 Å². The molecule has 1 aromatic carbocycles. The standard InChI is InChI=1S/C39H45F6N3O7S/c1-3-8-29-37(55-25-21-30(56-23-25)39(43,44)45,13-7-18-48(29)32(49)31-27(38(40,41)42)10-6-17-46-31)33(50)47-19-15-36(53,16-20-47)26-9-4-5-11-28(26)54-24-12-14-35(2,22-24)34(51)52/h4-6,9-11,17,21,23-24,29,32,49,53H,3,7-8,12-16,18-20,22H2,1-2H3,(H,51,52)/t24-,29-,32?,35+,37+/m1/s1. The molecule has 17 heteroatoms. The molecule has 2 saturated heterocycles. The van der Waals surface area contributed by atoms with Gasteiger partial charge in [-0.3, -0.25) is 19.5 Å². The van der Waals surface area contributed by atoms with Crippen molar-refractivity contribution in [3.8, 4) is 11.5 Å². The fraction of sp³-hybridized carbons (Fsp3) is 0.564. The van der Waals surface area contributed by atoms with Crippen LogP contribution in [0, 0.1) is 5.41 Å². The van der Waals surface area contributed by atoms with Crippen LogP contribution in [0.5, 0.6) is 11.5 Å². The number of aliphatic carboxylic acids is 1. The summed E-state index contributed by atoms with van der Waals surface area (Å²) in [6.45, 7) is 3.44. The van der Waals surface area contributed by atoms with Crippen LogP contribution in [0.25, 0.3) is 0 Å². The summed E-state index contributed by atoms with van der Waals surface area (Å²) >= 11 is 0.378. The van der Waals surface area contributed by atoms with Crippen molar-refractivity contribution in [2.24, 2.45) is 5.41 Å². The lowest BCUT2D eigenvalue weighted by Crippen LogP contribution is -2.68. The molecule has 0 bridgehead atoms. The third kappa shape index (κ3) is 8.23. The van der Waals surface area contributed by atoms with Crippen LogP contribution >= 0.6 is 11.3 Å². The highest BCUT2D eigenvalue weighted by atomic mass is 32.1. The number of benzene rings is 1. The zero-order valence-electron chi connectivity index (χ0n) is 30.9. The number of carboxylic acid groups (broad SMARTS) is 1. The number of rotatable bonds is 11. The Labute approximate surface area is 324 Å². The van der Waals surface area contributed by atoms with Crippen molar-refractivity contribution in [2.75, 3.05) is 19.6 Å². The number of aliphatic hydroxyl groups is 2. The third-order valence-electron chi connectivity index (χ3n) is 11.5. The first-order valence-corrected chi connectivity index (χ1v) is 19.5. The number of carbonyl (C=O) groups excluding carboxylic acids is 1. The smallest absolute Gasteiger partial charge is 0.425 e. The van der Waals surface area contributed by atoms with Crippen LogP contribution in [0.3, 0.4) is 0 Å². The van der Waals surface area contributed by atoms with Crippen molar-refractivity contribution in [3.63, 3.8) is 0 Å². The molecule has 2 aliphatic heterocycles. The highest BCUT2D eigenvalue weighted by molar-refractivity contribution is 7.10. The number of hydrogen-bond donors (Lipinski definition) is 3. The molecular formula is C39H45F6N3O7S. The zero-order valence-corrected chi connectivity index (χ0v) is 31.7. The van der Waals surface area contributed by atoms with Gasteiger partial charge in [0.15, 0.2) is 6.23 Å². The van der Waals surface area contributed by atoms with E-state index in [9.17, 15) is 51.3 Å². The number of alkyl halides is 6. The lowest BCUT2D eigenvalue weighted by atomic mass is 9.78. The van der Waals surface area contributed by atoms with E-state index in [0.29, 0.717) is 41.9 Å². The quantitative estimate of drug-likeness (QED) is 0.166. The van der Waals surface area contributed by atoms with Gasteiger partial charge in [0.05, 0.1) is 34.4 Å². The van der Waals surface area contributed by atoms with Gasteiger partial charge in [0.1, 0.15) is 16.4 Å². The predicted octanol–water partition coefficient (Wildman–Crippen LogP) is 7.79.